The third-order valence-electron chi connectivity index (χ3n) is 4.40. The molecule has 1 heterocycles. The van der Waals surface area contributed by atoms with Gasteiger partial charge in [0.25, 0.3) is 0 Å². The Bertz CT molecular complexity index is 1030. The first-order chi connectivity index (χ1) is 14.3. The number of oxazole rings is 1. The largest absolute Gasteiger partial charge is 0.508 e. The molecule has 0 saturated heterocycles. The van der Waals surface area contributed by atoms with Crippen molar-refractivity contribution in [3.8, 4) is 22.8 Å². The molecule has 0 saturated carbocycles. The van der Waals surface area contributed by atoms with Crippen molar-refractivity contribution in [2.75, 3.05) is 12.4 Å². The van der Waals surface area contributed by atoms with Crippen molar-refractivity contribution in [3.05, 3.63) is 60.6 Å². The molecule has 30 heavy (non-hydrogen) atoms. The van der Waals surface area contributed by atoms with Gasteiger partial charge in [-0.15, -0.1) is 0 Å². The maximum Gasteiger partial charge on any atom is 0.313 e. The molecule has 0 atom stereocenters. The van der Waals surface area contributed by atoms with E-state index < -0.39 is 17.4 Å². The Morgan fingerprint density at radius 3 is 2.50 bits per heavy atom. The maximum absolute atomic E-state index is 12.4. The van der Waals surface area contributed by atoms with Crippen LogP contribution >= 0.6 is 0 Å². The molecule has 0 unspecified atom stereocenters. The first-order valence-corrected chi connectivity index (χ1v) is 9.26. The van der Waals surface area contributed by atoms with Gasteiger partial charge in [0.15, 0.2) is 12.2 Å². The summed E-state index contributed by atoms with van der Waals surface area (Å²) in [5.41, 5.74) is 1.34. The van der Waals surface area contributed by atoms with Crippen LogP contribution in [0.3, 0.4) is 0 Å². The lowest BCUT2D eigenvalue weighted by atomic mass is 9.95. The third kappa shape index (κ3) is 5.16. The zero-order valence-electron chi connectivity index (χ0n) is 16.9. The number of hydrogen-bond acceptors (Lipinski definition) is 6. The minimum Gasteiger partial charge on any atom is -0.508 e. The molecule has 3 rings (SSSR count). The Hall–Kier alpha value is -3.81. The van der Waals surface area contributed by atoms with Crippen LogP contribution in [0.5, 0.6) is 11.5 Å². The summed E-state index contributed by atoms with van der Waals surface area (Å²) < 4.78 is 10.6. The van der Waals surface area contributed by atoms with E-state index in [1.54, 1.807) is 48.7 Å². The van der Waals surface area contributed by atoms with Crippen LogP contribution in [0.1, 0.15) is 19.4 Å². The van der Waals surface area contributed by atoms with E-state index in [0.717, 1.165) is 5.56 Å². The van der Waals surface area contributed by atoms with Crippen LogP contribution in [0.2, 0.25) is 0 Å². The van der Waals surface area contributed by atoms with Crippen LogP contribution < -0.4 is 15.4 Å². The van der Waals surface area contributed by atoms with E-state index in [-0.39, 0.29) is 5.75 Å². The van der Waals surface area contributed by atoms with E-state index in [1.807, 2.05) is 13.8 Å². The number of nitrogens with one attached hydrogen (secondary N) is 2. The molecule has 1 aromatic heterocycles. The first-order valence-electron chi connectivity index (χ1n) is 9.26. The average molecular weight is 409 g/mol. The summed E-state index contributed by atoms with van der Waals surface area (Å²) in [7, 11) is 1.50. The van der Waals surface area contributed by atoms with E-state index in [1.165, 1.54) is 13.5 Å². The number of aromatic hydroxyl groups is 1. The zero-order chi connectivity index (χ0) is 21.7. The summed E-state index contributed by atoms with van der Waals surface area (Å²) in [6.45, 7) is 3.64. The number of phenolic OH excluding ortho intramolecular Hbond substituents is 1. The molecule has 0 aliphatic carbocycles. The van der Waals surface area contributed by atoms with Gasteiger partial charge in [-0.3, -0.25) is 9.59 Å². The van der Waals surface area contributed by atoms with Gasteiger partial charge in [-0.25, -0.2) is 4.98 Å². The van der Waals surface area contributed by atoms with E-state index >= 15 is 0 Å². The monoisotopic (exact) mass is 409 g/mol. The Kier molecular flexibility index (Phi) is 6.06. The molecule has 0 bridgehead atoms. The number of phenols is 1. The smallest absolute Gasteiger partial charge is 0.313 e. The van der Waals surface area contributed by atoms with Crippen LogP contribution in [0.4, 0.5) is 5.69 Å². The SMILES string of the molecule is COc1cc(NC(=O)C(=O)NC(C)(C)Cc2ccc(O)cc2)ccc1-c1cnco1. The fourth-order valence-electron chi connectivity index (χ4n) is 3.04. The Labute approximate surface area is 173 Å². The molecule has 3 aromatic rings. The predicted molar refractivity (Wildman–Crippen MR) is 111 cm³/mol. The Morgan fingerprint density at radius 2 is 1.87 bits per heavy atom. The van der Waals surface area contributed by atoms with Gasteiger partial charge in [0.2, 0.25) is 0 Å². The second-order valence-electron chi connectivity index (χ2n) is 7.42. The number of hydrogen-bond donors (Lipinski definition) is 3. The highest BCUT2D eigenvalue weighted by atomic mass is 16.5. The number of carbonyl (C=O) groups is 2. The summed E-state index contributed by atoms with van der Waals surface area (Å²) >= 11 is 0. The van der Waals surface area contributed by atoms with Gasteiger partial charge in [0.05, 0.1) is 18.9 Å². The molecule has 0 radical (unpaired) electrons. The minimum atomic E-state index is -0.789. The number of nitrogens with zero attached hydrogens (tertiary/aromatic N) is 1. The summed E-state index contributed by atoms with van der Waals surface area (Å²) in [5.74, 6) is -0.374. The summed E-state index contributed by atoms with van der Waals surface area (Å²) in [4.78, 5) is 28.7. The highest BCUT2D eigenvalue weighted by Crippen LogP contribution is 2.32. The van der Waals surface area contributed by atoms with Gasteiger partial charge in [0, 0.05) is 17.3 Å². The third-order valence-corrected chi connectivity index (χ3v) is 4.40. The van der Waals surface area contributed by atoms with Gasteiger partial charge in [0.1, 0.15) is 11.5 Å². The summed E-state index contributed by atoms with van der Waals surface area (Å²) in [5, 5.41) is 14.7. The van der Waals surface area contributed by atoms with Crippen molar-refractivity contribution in [2.45, 2.75) is 25.8 Å². The molecular formula is C22H23N3O5. The zero-order valence-corrected chi connectivity index (χ0v) is 16.9. The summed E-state index contributed by atoms with van der Waals surface area (Å²) in [6, 6.07) is 11.7. The molecule has 2 amide bonds. The number of carbonyl (C=O) groups excluding carboxylic acids is 2. The quantitative estimate of drug-likeness (QED) is 0.539. The van der Waals surface area contributed by atoms with Crippen LogP contribution in [0, 0.1) is 0 Å². The Morgan fingerprint density at radius 1 is 1.13 bits per heavy atom. The predicted octanol–water partition coefficient (Wildman–Crippen LogP) is 3.13. The highest BCUT2D eigenvalue weighted by molar-refractivity contribution is 6.39. The second kappa shape index (κ2) is 8.69. The molecule has 0 aliphatic heterocycles. The van der Waals surface area contributed by atoms with Crippen molar-refractivity contribution in [2.24, 2.45) is 0 Å². The molecule has 0 aliphatic rings. The van der Waals surface area contributed by atoms with E-state index in [2.05, 4.69) is 15.6 Å². The molecule has 156 valence electrons. The molecule has 2 aromatic carbocycles. The normalized spacial score (nSPS) is 11.0. The number of ether oxygens (including phenoxy) is 1. The lowest BCUT2D eigenvalue weighted by Gasteiger charge is -2.26. The van der Waals surface area contributed by atoms with Crippen LogP contribution in [0.15, 0.2) is 59.5 Å². The molecule has 8 nitrogen and oxygen atoms in total. The molecule has 3 N–H and O–H groups in total. The van der Waals surface area contributed by atoms with Gasteiger partial charge in [-0.2, -0.15) is 0 Å². The van der Waals surface area contributed by atoms with Gasteiger partial charge < -0.3 is 24.9 Å². The van der Waals surface area contributed by atoms with Crippen molar-refractivity contribution in [3.63, 3.8) is 0 Å². The van der Waals surface area contributed by atoms with Crippen LogP contribution in [-0.2, 0) is 16.0 Å². The fourth-order valence-corrected chi connectivity index (χ4v) is 3.04. The molecular weight excluding hydrogens is 386 g/mol. The van der Waals surface area contributed by atoms with Crippen LogP contribution in [-0.4, -0.2) is 34.6 Å². The first kappa shape index (κ1) is 20.9. The number of methoxy groups -OCH3 is 1. The molecule has 8 heteroatoms. The second-order valence-corrected chi connectivity index (χ2v) is 7.42. The van der Waals surface area contributed by atoms with Crippen molar-refractivity contribution in [1.29, 1.82) is 0 Å². The van der Waals surface area contributed by atoms with E-state index in [9.17, 15) is 14.7 Å². The van der Waals surface area contributed by atoms with Gasteiger partial charge in [-0.1, -0.05) is 12.1 Å². The summed E-state index contributed by atoms with van der Waals surface area (Å²) in [6.07, 6.45) is 3.36. The van der Waals surface area contributed by atoms with Crippen molar-refractivity contribution in [1.82, 2.24) is 10.3 Å². The fraction of sp³-hybridized carbons (Fsp3) is 0.227. The molecule has 0 spiro atoms. The van der Waals surface area contributed by atoms with Gasteiger partial charge >= 0.3 is 11.8 Å². The van der Waals surface area contributed by atoms with E-state index in [0.29, 0.717) is 29.2 Å². The number of benzene rings is 2. The topological polar surface area (TPSA) is 114 Å². The molecule has 0 fully saturated rings. The maximum atomic E-state index is 12.4. The minimum absolute atomic E-state index is 0.171. The number of anilines is 1. The lowest BCUT2D eigenvalue weighted by molar-refractivity contribution is -0.137. The van der Waals surface area contributed by atoms with E-state index in [4.69, 9.17) is 9.15 Å². The van der Waals surface area contributed by atoms with Crippen molar-refractivity contribution < 1.29 is 23.8 Å². The lowest BCUT2D eigenvalue weighted by Crippen LogP contribution is -2.49. The average Bonchev–Trinajstić information content (AvgIpc) is 3.23. The van der Waals surface area contributed by atoms with Crippen LogP contribution in [0.25, 0.3) is 11.3 Å². The van der Waals surface area contributed by atoms with Crippen molar-refractivity contribution >= 4 is 17.5 Å². The van der Waals surface area contributed by atoms with Gasteiger partial charge in [-0.05, 0) is 50.1 Å². The number of rotatable bonds is 6. The number of amides is 2. The standard InChI is InChI=1S/C22H23N3O5/c1-22(2,11-14-4-7-16(26)8-5-14)25-21(28)20(27)24-15-6-9-17(18(10-15)29-3)19-12-23-13-30-19/h4-10,12-13,26H,11H2,1-3H3,(H,24,27)(H,25,28). The highest BCUT2D eigenvalue weighted by Gasteiger charge is 2.25. The Balaban J connectivity index is 1.65. The number of aromatic nitrogens is 1.